The molecule has 1 saturated carbocycles. The smallest absolute Gasteiger partial charge is 0.228 e. The summed E-state index contributed by atoms with van der Waals surface area (Å²) in [5.74, 6) is 0.0621. The molecular formula is C20H28N4O2. The minimum atomic E-state index is -0.183. The summed E-state index contributed by atoms with van der Waals surface area (Å²) in [6.07, 6.45) is 9.18. The Hall–Kier alpha value is -1.95. The first kappa shape index (κ1) is 17.5. The van der Waals surface area contributed by atoms with Gasteiger partial charge in [-0.25, -0.2) is 0 Å². The molecule has 1 aliphatic carbocycles. The van der Waals surface area contributed by atoms with Crippen molar-refractivity contribution >= 4 is 11.8 Å². The first-order chi connectivity index (χ1) is 12.7. The molecule has 1 aromatic rings. The molecule has 1 aromatic heterocycles. The largest absolute Gasteiger partial charge is 0.340 e. The fourth-order valence-electron chi connectivity index (χ4n) is 4.64. The van der Waals surface area contributed by atoms with Crippen molar-refractivity contribution in [2.75, 3.05) is 32.7 Å². The van der Waals surface area contributed by atoms with Crippen LogP contribution < -0.4 is 0 Å². The van der Waals surface area contributed by atoms with Crippen LogP contribution in [0, 0.1) is 5.92 Å². The number of aromatic nitrogens is 1. The van der Waals surface area contributed by atoms with Crippen molar-refractivity contribution in [3.8, 4) is 0 Å². The highest BCUT2D eigenvalue weighted by atomic mass is 16.2. The molecule has 1 atom stereocenters. The molecule has 2 aliphatic heterocycles. The van der Waals surface area contributed by atoms with Crippen LogP contribution in [0.3, 0.4) is 0 Å². The zero-order valence-electron chi connectivity index (χ0n) is 15.3. The van der Waals surface area contributed by atoms with Crippen molar-refractivity contribution in [2.45, 2.75) is 44.7 Å². The molecular weight excluding hydrogens is 328 g/mol. The van der Waals surface area contributed by atoms with Gasteiger partial charge in [0.25, 0.3) is 0 Å². The van der Waals surface area contributed by atoms with Crippen molar-refractivity contribution in [2.24, 2.45) is 5.92 Å². The zero-order chi connectivity index (χ0) is 17.9. The van der Waals surface area contributed by atoms with Crippen LogP contribution in [0.5, 0.6) is 0 Å². The molecule has 0 bridgehead atoms. The number of nitrogens with zero attached hydrogens (tertiary/aromatic N) is 4. The number of likely N-dealkylation sites (tertiary alicyclic amines) is 1. The van der Waals surface area contributed by atoms with E-state index in [0.717, 1.165) is 37.8 Å². The van der Waals surface area contributed by atoms with Gasteiger partial charge >= 0.3 is 0 Å². The maximum absolute atomic E-state index is 12.9. The summed E-state index contributed by atoms with van der Waals surface area (Å²) in [5.41, 5.74) is 1.01. The molecule has 2 saturated heterocycles. The average Bonchev–Trinajstić information content (AvgIpc) is 3.33. The third-order valence-corrected chi connectivity index (χ3v) is 6.13. The number of hydrogen-bond donors (Lipinski definition) is 0. The quantitative estimate of drug-likeness (QED) is 0.821. The summed E-state index contributed by atoms with van der Waals surface area (Å²) < 4.78 is 0. The van der Waals surface area contributed by atoms with E-state index in [-0.39, 0.29) is 17.7 Å². The van der Waals surface area contributed by atoms with E-state index in [0.29, 0.717) is 19.5 Å². The summed E-state index contributed by atoms with van der Waals surface area (Å²) in [6.45, 7) is 4.67. The molecule has 6 heteroatoms. The minimum Gasteiger partial charge on any atom is -0.340 e. The molecule has 0 aromatic carbocycles. The van der Waals surface area contributed by atoms with E-state index in [1.165, 1.54) is 25.7 Å². The van der Waals surface area contributed by atoms with Crippen LogP contribution in [-0.2, 0) is 16.1 Å². The van der Waals surface area contributed by atoms with Crippen molar-refractivity contribution in [3.05, 3.63) is 30.1 Å². The molecule has 3 aliphatic rings. The maximum atomic E-state index is 12.9. The predicted molar refractivity (Wildman–Crippen MR) is 98.2 cm³/mol. The number of amides is 2. The van der Waals surface area contributed by atoms with Crippen molar-refractivity contribution in [1.29, 1.82) is 0 Å². The zero-order valence-corrected chi connectivity index (χ0v) is 15.3. The lowest BCUT2D eigenvalue weighted by Gasteiger charge is -2.38. The van der Waals surface area contributed by atoms with Gasteiger partial charge in [-0.05, 0) is 24.5 Å². The van der Waals surface area contributed by atoms with E-state index >= 15 is 0 Å². The number of piperazine rings is 1. The van der Waals surface area contributed by atoms with Crippen LogP contribution >= 0.6 is 0 Å². The summed E-state index contributed by atoms with van der Waals surface area (Å²) in [7, 11) is 0. The van der Waals surface area contributed by atoms with Crippen molar-refractivity contribution in [1.82, 2.24) is 19.7 Å². The van der Waals surface area contributed by atoms with Gasteiger partial charge in [-0.2, -0.15) is 0 Å². The van der Waals surface area contributed by atoms with E-state index in [2.05, 4.69) is 9.88 Å². The lowest BCUT2D eigenvalue weighted by atomic mass is 10.1. The summed E-state index contributed by atoms with van der Waals surface area (Å²) in [4.78, 5) is 35.7. The highest BCUT2D eigenvalue weighted by Crippen LogP contribution is 2.26. The fraction of sp³-hybridized carbons (Fsp3) is 0.650. The van der Waals surface area contributed by atoms with Crippen LogP contribution in [0.1, 0.15) is 37.7 Å². The molecule has 3 fully saturated rings. The molecule has 2 amide bonds. The highest BCUT2D eigenvalue weighted by Gasteiger charge is 2.37. The molecule has 26 heavy (non-hydrogen) atoms. The predicted octanol–water partition coefficient (Wildman–Crippen LogP) is 1.52. The van der Waals surface area contributed by atoms with E-state index < -0.39 is 0 Å². The molecule has 3 heterocycles. The third kappa shape index (κ3) is 3.75. The number of carbonyl (C=O) groups excluding carboxylic acids is 2. The van der Waals surface area contributed by atoms with Crippen molar-refractivity contribution in [3.63, 3.8) is 0 Å². The van der Waals surface area contributed by atoms with Crippen LogP contribution in [0.25, 0.3) is 0 Å². The van der Waals surface area contributed by atoms with Gasteiger partial charge in [0.1, 0.15) is 0 Å². The Kier molecular flexibility index (Phi) is 5.20. The molecule has 0 unspecified atom stereocenters. The molecule has 4 rings (SSSR count). The Labute approximate surface area is 155 Å². The number of rotatable bonds is 4. The lowest BCUT2D eigenvalue weighted by Crippen LogP contribution is -2.52. The molecule has 0 radical (unpaired) electrons. The molecule has 0 spiro atoms. The first-order valence-electron chi connectivity index (χ1n) is 9.90. The standard InChI is InChI=1S/C20H28N4O2/c25-19-12-17(15-24(19)14-16-4-3-7-21-13-16)20(26)23-10-8-22(9-11-23)18-5-1-2-6-18/h3-4,7,13,17-18H,1-2,5-6,8-12,14-15H2/t17-/m1/s1. The molecule has 140 valence electrons. The lowest BCUT2D eigenvalue weighted by molar-refractivity contribution is -0.137. The van der Waals surface area contributed by atoms with E-state index in [1.54, 1.807) is 17.3 Å². The second-order valence-corrected chi connectivity index (χ2v) is 7.84. The van der Waals surface area contributed by atoms with E-state index in [9.17, 15) is 9.59 Å². The van der Waals surface area contributed by atoms with Gasteiger partial charge in [0.2, 0.25) is 11.8 Å². The second kappa shape index (κ2) is 7.74. The number of hydrogen-bond acceptors (Lipinski definition) is 4. The Morgan fingerprint density at radius 2 is 1.92 bits per heavy atom. The molecule has 6 nitrogen and oxygen atoms in total. The SMILES string of the molecule is O=C1C[C@@H](C(=O)N2CCN(C3CCCC3)CC2)CN1Cc1cccnc1. The number of carbonyl (C=O) groups is 2. The molecule has 0 N–H and O–H groups in total. The van der Waals surface area contributed by atoms with Crippen LogP contribution in [-0.4, -0.2) is 70.3 Å². The van der Waals surface area contributed by atoms with Gasteiger partial charge in [0.15, 0.2) is 0 Å². The van der Waals surface area contributed by atoms with Crippen molar-refractivity contribution < 1.29 is 9.59 Å². The Bertz CT molecular complexity index is 636. The highest BCUT2D eigenvalue weighted by molar-refractivity contribution is 5.89. The minimum absolute atomic E-state index is 0.0804. The first-order valence-corrected chi connectivity index (χ1v) is 9.90. The van der Waals surface area contributed by atoms with Gasteiger partial charge in [0, 0.05) is 64.1 Å². The monoisotopic (exact) mass is 356 g/mol. The average molecular weight is 356 g/mol. The summed E-state index contributed by atoms with van der Waals surface area (Å²) in [5, 5.41) is 0. The van der Waals surface area contributed by atoms with Gasteiger partial charge in [-0.1, -0.05) is 18.9 Å². The van der Waals surface area contributed by atoms with Crippen LogP contribution in [0.15, 0.2) is 24.5 Å². The Balaban J connectivity index is 1.29. The fourth-order valence-corrected chi connectivity index (χ4v) is 4.64. The maximum Gasteiger partial charge on any atom is 0.228 e. The van der Waals surface area contributed by atoms with E-state index in [1.807, 2.05) is 17.0 Å². The topological polar surface area (TPSA) is 56.8 Å². The second-order valence-electron chi connectivity index (χ2n) is 7.84. The van der Waals surface area contributed by atoms with Gasteiger partial charge in [0.05, 0.1) is 5.92 Å². The number of pyridine rings is 1. The summed E-state index contributed by atoms with van der Waals surface area (Å²) >= 11 is 0. The van der Waals surface area contributed by atoms with Crippen LogP contribution in [0.4, 0.5) is 0 Å². The Morgan fingerprint density at radius 1 is 1.15 bits per heavy atom. The van der Waals surface area contributed by atoms with E-state index in [4.69, 9.17) is 0 Å². The Morgan fingerprint density at radius 3 is 2.62 bits per heavy atom. The van der Waals surface area contributed by atoms with Gasteiger partial charge in [-0.3, -0.25) is 19.5 Å². The third-order valence-electron chi connectivity index (χ3n) is 6.13. The summed E-state index contributed by atoms with van der Waals surface area (Å²) in [6, 6.07) is 4.58. The van der Waals surface area contributed by atoms with Gasteiger partial charge in [-0.15, -0.1) is 0 Å². The normalized spacial score (nSPS) is 25.2. The van der Waals surface area contributed by atoms with Crippen LogP contribution in [0.2, 0.25) is 0 Å². The van der Waals surface area contributed by atoms with Gasteiger partial charge < -0.3 is 9.80 Å².